The molecule has 1 N–H and O–H groups in total. The van der Waals surface area contributed by atoms with E-state index in [1.54, 1.807) is 23.1 Å². The van der Waals surface area contributed by atoms with Crippen molar-refractivity contribution in [2.75, 3.05) is 38.3 Å². The molecule has 3 rings (SSSR count). The minimum atomic E-state index is -0.0833. The van der Waals surface area contributed by atoms with E-state index in [1.165, 1.54) is 15.8 Å². The molecule has 0 saturated carbocycles. The Morgan fingerprint density at radius 1 is 1.31 bits per heavy atom. The first-order chi connectivity index (χ1) is 12.5. The average molecular weight is 395 g/mol. The zero-order valence-corrected chi connectivity index (χ0v) is 18.1. The third kappa shape index (κ3) is 4.32. The van der Waals surface area contributed by atoms with Crippen LogP contribution in [0.4, 0.5) is 5.82 Å². The average Bonchev–Trinajstić information content (AvgIpc) is 2.96. The van der Waals surface area contributed by atoms with Crippen LogP contribution in [0.25, 0.3) is 10.2 Å². The molecule has 1 atom stereocenters. The van der Waals surface area contributed by atoms with Crippen molar-refractivity contribution in [2.24, 2.45) is 0 Å². The molecule has 0 amide bonds. The fourth-order valence-corrected chi connectivity index (χ4v) is 4.93. The Morgan fingerprint density at radius 2 is 2.12 bits per heavy atom. The first-order valence-electron chi connectivity index (χ1n) is 9.43. The van der Waals surface area contributed by atoms with Gasteiger partial charge in [0.15, 0.2) is 5.16 Å². The molecule has 0 radical (unpaired) electrons. The van der Waals surface area contributed by atoms with Crippen LogP contribution in [0, 0.1) is 0 Å². The molecular weight excluding hydrogens is 364 g/mol. The van der Waals surface area contributed by atoms with Gasteiger partial charge in [0.1, 0.15) is 10.6 Å². The molecule has 26 heavy (non-hydrogen) atoms. The van der Waals surface area contributed by atoms with E-state index in [0.717, 1.165) is 53.9 Å². The Kier molecular flexibility index (Phi) is 6.43. The van der Waals surface area contributed by atoms with Crippen LogP contribution in [0.3, 0.4) is 0 Å². The van der Waals surface area contributed by atoms with Gasteiger partial charge in [-0.1, -0.05) is 25.6 Å². The number of nitrogens with zero attached hydrogens (tertiary/aromatic N) is 3. The van der Waals surface area contributed by atoms with E-state index in [0.29, 0.717) is 6.61 Å². The summed E-state index contributed by atoms with van der Waals surface area (Å²) in [6.45, 7) is 9.24. The van der Waals surface area contributed by atoms with Gasteiger partial charge in [-0.3, -0.25) is 0 Å². The van der Waals surface area contributed by atoms with Crippen LogP contribution in [-0.4, -0.2) is 53.4 Å². The standard InChI is InChI=1S/C19H30N4OS2/c1-6-19(3)11-13-14(12-24-19)26-17-15(13)16(20-9-8-10-23(4)5)21-18(22-17)25-7-2/h6-12H2,1-5H3,(H,20,21,22)/t19-/m1/s1. The first kappa shape index (κ1) is 19.9. The lowest BCUT2D eigenvalue weighted by Crippen LogP contribution is -2.34. The van der Waals surface area contributed by atoms with Crippen molar-refractivity contribution in [1.29, 1.82) is 0 Å². The maximum atomic E-state index is 6.14. The van der Waals surface area contributed by atoms with Gasteiger partial charge < -0.3 is 15.0 Å². The van der Waals surface area contributed by atoms with Crippen LogP contribution in [0.1, 0.15) is 44.1 Å². The fraction of sp³-hybridized carbons (Fsp3) is 0.684. The van der Waals surface area contributed by atoms with Crippen LogP contribution < -0.4 is 5.32 Å². The summed E-state index contributed by atoms with van der Waals surface area (Å²) in [4.78, 5) is 14.3. The Bertz CT molecular complexity index is 762. The normalized spacial score (nSPS) is 19.9. The highest BCUT2D eigenvalue weighted by Crippen LogP contribution is 2.42. The Morgan fingerprint density at radius 3 is 2.81 bits per heavy atom. The predicted octanol–water partition coefficient (Wildman–Crippen LogP) is 4.41. The van der Waals surface area contributed by atoms with E-state index < -0.39 is 0 Å². The lowest BCUT2D eigenvalue weighted by Gasteiger charge is -2.33. The third-order valence-electron chi connectivity index (χ3n) is 4.91. The minimum Gasteiger partial charge on any atom is -0.369 e. The van der Waals surface area contributed by atoms with Crippen molar-refractivity contribution in [3.05, 3.63) is 10.4 Å². The van der Waals surface area contributed by atoms with E-state index in [9.17, 15) is 0 Å². The largest absolute Gasteiger partial charge is 0.369 e. The summed E-state index contributed by atoms with van der Waals surface area (Å²) in [5, 5.41) is 5.69. The molecule has 0 aromatic carbocycles. The monoisotopic (exact) mass is 394 g/mol. The molecule has 144 valence electrons. The predicted molar refractivity (Wildman–Crippen MR) is 113 cm³/mol. The van der Waals surface area contributed by atoms with Gasteiger partial charge in [0.05, 0.1) is 17.6 Å². The Hall–Kier alpha value is -0.890. The number of anilines is 1. The summed E-state index contributed by atoms with van der Waals surface area (Å²) in [6.07, 6.45) is 3.05. The van der Waals surface area contributed by atoms with E-state index in [2.05, 4.69) is 45.1 Å². The topological polar surface area (TPSA) is 50.3 Å². The van der Waals surface area contributed by atoms with Crippen LogP contribution in [0.2, 0.25) is 0 Å². The molecule has 5 nitrogen and oxygen atoms in total. The first-order valence-corrected chi connectivity index (χ1v) is 11.2. The van der Waals surface area contributed by atoms with Gasteiger partial charge in [-0.25, -0.2) is 9.97 Å². The Balaban J connectivity index is 1.95. The number of hydrogen-bond acceptors (Lipinski definition) is 7. The number of aromatic nitrogens is 2. The number of rotatable bonds is 8. The summed E-state index contributed by atoms with van der Waals surface area (Å²) in [6, 6.07) is 0. The quantitative estimate of drug-likeness (QED) is 0.407. The van der Waals surface area contributed by atoms with Crippen molar-refractivity contribution >= 4 is 39.1 Å². The fourth-order valence-electron chi connectivity index (χ4n) is 3.20. The zero-order chi connectivity index (χ0) is 18.7. The molecule has 0 fully saturated rings. The SMILES string of the molecule is CCSc1nc(NCCCN(C)C)c2c3c(sc2n1)CO[C@](C)(CC)C3. The summed E-state index contributed by atoms with van der Waals surface area (Å²) < 4.78 is 6.14. The van der Waals surface area contributed by atoms with Gasteiger partial charge >= 0.3 is 0 Å². The molecule has 1 aliphatic rings. The second kappa shape index (κ2) is 8.42. The van der Waals surface area contributed by atoms with Gasteiger partial charge in [-0.15, -0.1) is 11.3 Å². The smallest absolute Gasteiger partial charge is 0.190 e. The summed E-state index contributed by atoms with van der Waals surface area (Å²) >= 11 is 3.48. The second-order valence-corrected chi connectivity index (χ2v) is 9.64. The number of hydrogen-bond donors (Lipinski definition) is 1. The number of fused-ring (bicyclic) bond motifs is 3. The van der Waals surface area contributed by atoms with Crippen LogP contribution in [-0.2, 0) is 17.8 Å². The molecule has 0 saturated heterocycles. The molecular formula is C19H30N4OS2. The maximum absolute atomic E-state index is 6.14. The zero-order valence-electron chi connectivity index (χ0n) is 16.5. The van der Waals surface area contributed by atoms with Crippen molar-refractivity contribution in [3.8, 4) is 0 Å². The van der Waals surface area contributed by atoms with E-state index >= 15 is 0 Å². The maximum Gasteiger partial charge on any atom is 0.190 e. The summed E-state index contributed by atoms with van der Waals surface area (Å²) in [5.41, 5.74) is 1.31. The van der Waals surface area contributed by atoms with Gasteiger partial charge in [-0.05, 0) is 51.7 Å². The molecule has 1 aliphatic heterocycles. The van der Waals surface area contributed by atoms with Crippen molar-refractivity contribution in [1.82, 2.24) is 14.9 Å². The minimum absolute atomic E-state index is 0.0833. The highest BCUT2D eigenvalue weighted by atomic mass is 32.2. The van der Waals surface area contributed by atoms with Crippen LogP contribution >= 0.6 is 23.1 Å². The Labute approximate surface area is 164 Å². The van der Waals surface area contributed by atoms with Gasteiger partial charge in [0, 0.05) is 17.8 Å². The highest BCUT2D eigenvalue weighted by molar-refractivity contribution is 7.99. The van der Waals surface area contributed by atoms with Crippen LogP contribution in [0.15, 0.2) is 5.16 Å². The lowest BCUT2D eigenvalue weighted by atomic mass is 9.90. The molecule has 0 bridgehead atoms. The molecule has 0 spiro atoms. The molecule has 3 heterocycles. The molecule has 0 aliphatic carbocycles. The third-order valence-corrected chi connectivity index (χ3v) is 6.74. The second-order valence-electron chi connectivity index (χ2n) is 7.32. The number of thioether (sulfide) groups is 1. The van der Waals surface area contributed by atoms with E-state index in [4.69, 9.17) is 14.7 Å². The van der Waals surface area contributed by atoms with Gasteiger partial charge in [0.2, 0.25) is 0 Å². The molecule has 7 heteroatoms. The van der Waals surface area contributed by atoms with Gasteiger partial charge in [-0.2, -0.15) is 0 Å². The summed E-state index contributed by atoms with van der Waals surface area (Å²) in [5.74, 6) is 1.98. The van der Waals surface area contributed by atoms with Crippen molar-refractivity contribution < 1.29 is 4.74 Å². The molecule has 2 aromatic rings. The van der Waals surface area contributed by atoms with Crippen molar-refractivity contribution in [2.45, 2.75) is 57.4 Å². The number of thiophene rings is 1. The number of ether oxygens (including phenoxy) is 1. The van der Waals surface area contributed by atoms with E-state index in [-0.39, 0.29) is 5.60 Å². The summed E-state index contributed by atoms with van der Waals surface area (Å²) in [7, 11) is 4.22. The van der Waals surface area contributed by atoms with E-state index in [1.807, 2.05) is 0 Å². The van der Waals surface area contributed by atoms with Crippen LogP contribution in [0.5, 0.6) is 0 Å². The molecule has 2 aromatic heterocycles. The molecule has 0 unspecified atom stereocenters. The van der Waals surface area contributed by atoms with Crippen molar-refractivity contribution in [3.63, 3.8) is 0 Å². The highest BCUT2D eigenvalue weighted by Gasteiger charge is 2.33. The lowest BCUT2D eigenvalue weighted by molar-refractivity contribution is -0.0542. The number of nitrogens with one attached hydrogen (secondary N) is 1. The van der Waals surface area contributed by atoms with Gasteiger partial charge in [0.25, 0.3) is 0 Å².